The predicted molar refractivity (Wildman–Crippen MR) is 77.1 cm³/mol. The Labute approximate surface area is 123 Å². The fourth-order valence-corrected chi connectivity index (χ4v) is 1.89. The van der Waals surface area contributed by atoms with E-state index in [2.05, 4.69) is 5.32 Å². The van der Waals surface area contributed by atoms with Gasteiger partial charge >= 0.3 is 0 Å². The molecule has 0 fully saturated rings. The number of amides is 1. The number of nitrogens with one attached hydrogen (secondary N) is 1. The highest BCUT2D eigenvalue weighted by molar-refractivity contribution is 5.91. The predicted octanol–water partition coefficient (Wildman–Crippen LogP) is 0.942. The molecule has 21 heavy (non-hydrogen) atoms. The molecule has 0 aliphatic carbocycles. The molecule has 0 spiro atoms. The van der Waals surface area contributed by atoms with E-state index >= 15 is 0 Å². The van der Waals surface area contributed by atoms with Crippen molar-refractivity contribution in [1.29, 1.82) is 0 Å². The summed E-state index contributed by atoms with van der Waals surface area (Å²) in [6.07, 6.45) is 3.07. The average Bonchev–Trinajstić information content (AvgIpc) is 2.90. The molecule has 2 rings (SSSR count). The summed E-state index contributed by atoms with van der Waals surface area (Å²) in [5.74, 6) is 1.08. The first-order valence-corrected chi connectivity index (χ1v) is 6.57. The van der Waals surface area contributed by atoms with Gasteiger partial charge in [0.15, 0.2) is 11.5 Å². The Balaban J connectivity index is 1.87. The van der Waals surface area contributed by atoms with Gasteiger partial charge in [0.05, 0.1) is 6.61 Å². The second kappa shape index (κ2) is 6.60. The molecule has 0 saturated carbocycles. The van der Waals surface area contributed by atoms with Crippen molar-refractivity contribution in [2.45, 2.75) is 12.5 Å². The lowest BCUT2D eigenvalue weighted by atomic mass is 10.1. The Bertz CT molecular complexity index is 539. The summed E-state index contributed by atoms with van der Waals surface area (Å²) in [5.41, 5.74) is -0.255. The van der Waals surface area contributed by atoms with Crippen LogP contribution in [-0.4, -0.2) is 43.7 Å². The first-order chi connectivity index (χ1) is 10.00. The third-order valence-corrected chi connectivity index (χ3v) is 2.92. The van der Waals surface area contributed by atoms with Gasteiger partial charge in [-0.1, -0.05) is 6.07 Å². The van der Waals surface area contributed by atoms with E-state index in [1.807, 2.05) is 6.07 Å². The number of aliphatic hydroxyl groups is 1. The van der Waals surface area contributed by atoms with E-state index in [0.29, 0.717) is 11.5 Å². The highest BCUT2D eigenvalue weighted by atomic mass is 16.7. The summed E-state index contributed by atoms with van der Waals surface area (Å²) in [5, 5.41) is 12.5. The van der Waals surface area contributed by atoms with Crippen LogP contribution >= 0.6 is 0 Å². The summed E-state index contributed by atoms with van der Waals surface area (Å²) in [4.78, 5) is 11.7. The van der Waals surface area contributed by atoms with Gasteiger partial charge in [0.25, 0.3) is 0 Å². The van der Waals surface area contributed by atoms with Crippen LogP contribution in [0.5, 0.6) is 11.5 Å². The molecule has 0 aromatic heterocycles. The number of hydrogen-bond acceptors (Lipinski definition) is 5. The molecule has 1 aliphatic heterocycles. The van der Waals surface area contributed by atoms with Crippen LogP contribution in [-0.2, 0) is 9.53 Å². The highest BCUT2D eigenvalue weighted by Gasteiger charge is 2.20. The summed E-state index contributed by atoms with van der Waals surface area (Å²) in [6.45, 7) is 2.08. The summed E-state index contributed by atoms with van der Waals surface area (Å²) in [6, 6.07) is 5.43. The fraction of sp³-hybridized carbons (Fsp3) is 0.400. The van der Waals surface area contributed by atoms with Crippen molar-refractivity contribution in [2.75, 3.05) is 27.1 Å². The third kappa shape index (κ3) is 4.47. The Morgan fingerprint density at radius 3 is 3.00 bits per heavy atom. The third-order valence-electron chi connectivity index (χ3n) is 2.92. The first-order valence-electron chi connectivity index (χ1n) is 6.57. The van der Waals surface area contributed by atoms with Crippen molar-refractivity contribution in [3.8, 4) is 11.5 Å². The molecule has 1 amide bonds. The maximum Gasteiger partial charge on any atom is 0.244 e. The van der Waals surface area contributed by atoms with E-state index in [-0.39, 0.29) is 25.9 Å². The summed E-state index contributed by atoms with van der Waals surface area (Å²) in [7, 11) is 1.50. The maximum absolute atomic E-state index is 11.7. The van der Waals surface area contributed by atoms with E-state index < -0.39 is 5.60 Å². The zero-order valence-corrected chi connectivity index (χ0v) is 12.1. The van der Waals surface area contributed by atoms with Crippen LogP contribution in [0.1, 0.15) is 12.5 Å². The van der Waals surface area contributed by atoms with Crippen LogP contribution in [0, 0.1) is 0 Å². The Morgan fingerprint density at radius 2 is 2.24 bits per heavy atom. The van der Waals surface area contributed by atoms with Crippen LogP contribution in [0.15, 0.2) is 24.3 Å². The SMILES string of the molecule is COC[C@@](C)(O)CNC(=O)/C=C/c1ccc2c(c1)OCO2. The molecular weight excluding hydrogens is 274 g/mol. The van der Waals surface area contributed by atoms with E-state index in [0.717, 1.165) is 5.56 Å². The standard InChI is InChI=1S/C15H19NO5/c1-15(18,9-19-2)8-16-14(17)6-4-11-3-5-12-13(7-11)21-10-20-12/h3-7,18H,8-10H2,1-2H3,(H,16,17)/b6-4+/t15-/m0/s1. The zero-order valence-electron chi connectivity index (χ0n) is 12.1. The topological polar surface area (TPSA) is 77.0 Å². The van der Waals surface area contributed by atoms with Crippen molar-refractivity contribution in [3.63, 3.8) is 0 Å². The van der Waals surface area contributed by atoms with Gasteiger partial charge in [-0.15, -0.1) is 0 Å². The number of rotatable bonds is 6. The fourth-order valence-electron chi connectivity index (χ4n) is 1.89. The van der Waals surface area contributed by atoms with Gasteiger partial charge in [0, 0.05) is 19.7 Å². The minimum Gasteiger partial charge on any atom is -0.454 e. The lowest BCUT2D eigenvalue weighted by Gasteiger charge is -2.21. The molecule has 1 aliphatic rings. The summed E-state index contributed by atoms with van der Waals surface area (Å²) < 4.78 is 15.3. The lowest BCUT2D eigenvalue weighted by Crippen LogP contribution is -2.43. The molecule has 6 nitrogen and oxygen atoms in total. The average molecular weight is 293 g/mol. The van der Waals surface area contributed by atoms with E-state index in [4.69, 9.17) is 14.2 Å². The highest BCUT2D eigenvalue weighted by Crippen LogP contribution is 2.32. The van der Waals surface area contributed by atoms with E-state index in [1.165, 1.54) is 13.2 Å². The molecule has 114 valence electrons. The van der Waals surface area contributed by atoms with Crippen LogP contribution in [0.3, 0.4) is 0 Å². The van der Waals surface area contributed by atoms with Gasteiger partial charge in [-0.3, -0.25) is 4.79 Å². The number of methoxy groups -OCH3 is 1. The molecule has 0 bridgehead atoms. The van der Waals surface area contributed by atoms with Gasteiger partial charge in [-0.05, 0) is 30.7 Å². The Hall–Kier alpha value is -2.05. The number of fused-ring (bicyclic) bond motifs is 1. The minimum atomic E-state index is -1.09. The number of benzene rings is 1. The number of hydrogen-bond donors (Lipinski definition) is 2. The molecule has 0 unspecified atom stereocenters. The minimum absolute atomic E-state index is 0.116. The second-order valence-electron chi connectivity index (χ2n) is 5.09. The van der Waals surface area contributed by atoms with Crippen LogP contribution in [0.25, 0.3) is 6.08 Å². The van der Waals surface area contributed by atoms with Crippen molar-refractivity contribution in [1.82, 2.24) is 5.32 Å². The molecule has 0 saturated heterocycles. The van der Waals surface area contributed by atoms with Crippen molar-refractivity contribution in [2.24, 2.45) is 0 Å². The van der Waals surface area contributed by atoms with Gasteiger partial charge in [-0.2, -0.15) is 0 Å². The van der Waals surface area contributed by atoms with Crippen molar-refractivity contribution < 1.29 is 24.1 Å². The smallest absolute Gasteiger partial charge is 0.244 e. The molecule has 1 heterocycles. The van der Waals surface area contributed by atoms with E-state index in [9.17, 15) is 9.90 Å². The molecular formula is C15H19NO5. The van der Waals surface area contributed by atoms with Crippen LogP contribution in [0.2, 0.25) is 0 Å². The van der Waals surface area contributed by atoms with Gasteiger partial charge in [-0.25, -0.2) is 0 Å². The molecule has 1 atom stereocenters. The molecule has 1 aromatic rings. The van der Waals surface area contributed by atoms with Crippen molar-refractivity contribution >= 4 is 12.0 Å². The normalized spacial score (nSPS) is 16.0. The maximum atomic E-state index is 11.7. The Morgan fingerprint density at radius 1 is 1.48 bits per heavy atom. The summed E-state index contributed by atoms with van der Waals surface area (Å²) >= 11 is 0. The van der Waals surface area contributed by atoms with Crippen LogP contribution in [0.4, 0.5) is 0 Å². The monoisotopic (exact) mass is 293 g/mol. The van der Waals surface area contributed by atoms with Crippen molar-refractivity contribution in [3.05, 3.63) is 29.8 Å². The molecule has 6 heteroatoms. The quantitative estimate of drug-likeness (QED) is 0.763. The molecule has 0 radical (unpaired) electrons. The van der Waals surface area contributed by atoms with E-state index in [1.54, 1.807) is 25.1 Å². The number of carbonyl (C=O) groups is 1. The first kappa shape index (κ1) is 15.3. The zero-order chi connectivity index (χ0) is 15.3. The molecule has 1 aromatic carbocycles. The van der Waals surface area contributed by atoms with Gasteiger partial charge in [0.2, 0.25) is 12.7 Å². The molecule has 2 N–H and O–H groups in total. The van der Waals surface area contributed by atoms with Gasteiger partial charge < -0.3 is 24.6 Å². The number of carbonyl (C=O) groups excluding carboxylic acids is 1. The largest absolute Gasteiger partial charge is 0.454 e. The van der Waals surface area contributed by atoms with Gasteiger partial charge in [0.1, 0.15) is 5.60 Å². The van der Waals surface area contributed by atoms with Crippen LogP contribution < -0.4 is 14.8 Å². The second-order valence-corrected chi connectivity index (χ2v) is 5.09. The lowest BCUT2D eigenvalue weighted by molar-refractivity contribution is -0.118. The number of ether oxygens (including phenoxy) is 3. The Kier molecular flexibility index (Phi) is 4.82.